The molecule has 0 unspecified atom stereocenters. The lowest BCUT2D eigenvalue weighted by molar-refractivity contribution is -0.910. The van der Waals surface area contributed by atoms with Gasteiger partial charge >= 0.3 is 0 Å². The van der Waals surface area contributed by atoms with Crippen LogP contribution in [0.3, 0.4) is 0 Å². The number of nitrogens with two attached hydrogens (primary N) is 1. The molecule has 2 aromatic heterocycles. The van der Waals surface area contributed by atoms with Gasteiger partial charge in [-0.15, -0.1) is 5.10 Å². The van der Waals surface area contributed by atoms with Gasteiger partial charge < -0.3 is 15.4 Å². The molecule has 0 bridgehead atoms. The number of carbonyl (C=O) groups excluding carboxylic acids is 1. The van der Waals surface area contributed by atoms with Crippen LogP contribution in [-0.2, 0) is 6.54 Å². The van der Waals surface area contributed by atoms with Gasteiger partial charge in [-0.2, -0.15) is 4.68 Å². The number of amides is 1. The summed E-state index contributed by atoms with van der Waals surface area (Å²) in [6, 6.07) is 7.29. The molecule has 0 fully saturated rings. The van der Waals surface area contributed by atoms with E-state index in [0.717, 1.165) is 18.7 Å². The Kier molecular flexibility index (Phi) is 6.82. The van der Waals surface area contributed by atoms with Crippen molar-refractivity contribution in [2.24, 2.45) is 0 Å². The number of methoxy groups -OCH3 is 1. The van der Waals surface area contributed by atoms with Crippen LogP contribution >= 0.6 is 0 Å². The maximum Gasteiger partial charge on any atom is 0.292 e. The highest BCUT2D eigenvalue weighted by molar-refractivity contribution is 5.93. The van der Waals surface area contributed by atoms with Gasteiger partial charge in [-0.25, -0.2) is 4.63 Å². The Balaban J connectivity index is 1.82. The molecule has 0 radical (unpaired) electrons. The molecule has 0 atom stereocenters. The molecule has 2 heterocycles. The SMILES string of the molecule is C=C(NNC(=O)c1nnn(-c2nonc2N)c1C[NH+](CC)CC)c1cccc(OC)c1. The van der Waals surface area contributed by atoms with Crippen LogP contribution in [0.2, 0.25) is 0 Å². The summed E-state index contributed by atoms with van der Waals surface area (Å²) in [6.07, 6.45) is 0. The highest BCUT2D eigenvalue weighted by Gasteiger charge is 2.26. The largest absolute Gasteiger partial charge is 0.497 e. The van der Waals surface area contributed by atoms with Gasteiger partial charge in [0, 0.05) is 5.56 Å². The van der Waals surface area contributed by atoms with Crippen molar-refractivity contribution in [3.63, 3.8) is 0 Å². The van der Waals surface area contributed by atoms with Crippen LogP contribution in [0.1, 0.15) is 35.6 Å². The first-order valence-corrected chi connectivity index (χ1v) is 9.74. The van der Waals surface area contributed by atoms with Crippen LogP contribution in [0, 0.1) is 0 Å². The fraction of sp³-hybridized carbons (Fsp3) is 0.316. The summed E-state index contributed by atoms with van der Waals surface area (Å²) >= 11 is 0. The molecular weight excluding hydrogens is 402 g/mol. The van der Waals surface area contributed by atoms with Crippen molar-refractivity contribution in [3.05, 3.63) is 47.8 Å². The number of nitrogens with zero attached hydrogens (tertiary/aromatic N) is 5. The van der Waals surface area contributed by atoms with E-state index in [4.69, 9.17) is 10.5 Å². The Morgan fingerprint density at radius 3 is 2.71 bits per heavy atom. The molecule has 31 heavy (non-hydrogen) atoms. The standard InChI is InChI=1S/C19H25N9O3/c1-5-27(6-2)11-15-16(22-26-28(15)18-17(20)24-31-25-18)19(29)23-21-12(3)13-8-7-9-14(10-13)30-4/h7-10,21H,3,5-6,11H2,1-2,4H3,(H2,20,24)(H,23,29)/p+1. The molecule has 12 nitrogen and oxygen atoms in total. The Labute approximate surface area is 179 Å². The topological polar surface area (TPSA) is 150 Å². The summed E-state index contributed by atoms with van der Waals surface area (Å²) in [5, 5.41) is 15.5. The second-order valence-corrected chi connectivity index (χ2v) is 6.69. The number of carbonyl (C=O) groups is 1. The number of quaternary nitrogens is 1. The number of aromatic nitrogens is 5. The van der Waals surface area contributed by atoms with Gasteiger partial charge in [0.15, 0.2) is 5.69 Å². The number of hydrogen-bond acceptors (Lipinski definition) is 9. The number of anilines is 1. The molecular formula is C19H26N9O3+. The van der Waals surface area contributed by atoms with Gasteiger partial charge in [0.25, 0.3) is 5.91 Å². The molecule has 0 spiro atoms. The minimum atomic E-state index is -0.480. The van der Waals surface area contributed by atoms with Crippen LogP contribution < -0.4 is 26.2 Å². The lowest BCUT2D eigenvalue weighted by atomic mass is 10.2. The number of nitrogen functional groups attached to an aromatic ring is 1. The van der Waals surface area contributed by atoms with Crippen molar-refractivity contribution in [2.45, 2.75) is 20.4 Å². The van der Waals surface area contributed by atoms with Crippen molar-refractivity contribution in [1.29, 1.82) is 0 Å². The zero-order valence-electron chi connectivity index (χ0n) is 17.7. The molecule has 164 valence electrons. The first kappa shape index (κ1) is 21.8. The summed E-state index contributed by atoms with van der Waals surface area (Å²) in [5.41, 5.74) is 13.1. The van der Waals surface area contributed by atoms with Crippen molar-refractivity contribution in [2.75, 3.05) is 25.9 Å². The Bertz CT molecular complexity index is 1060. The quantitative estimate of drug-likeness (QED) is 0.315. The van der Waals surface area contributed by atoms with E-state index in [1.807, 2.05) is 18.2 Å². The molecule has 1 amide bonds. The first-order chi connectivity index (χ1) is 15.0. The predicted octanol–water partition coefficient (Wildman–Crippen LogP) is -0.429. The normalized spacial score (nSPS) is 10.8. The van der Waals surface area contributed by atoms with Gasteiger partial charge in [-0.1, -0.05) is 23.9 Å². The van der Waals surface area contributed by atoms with Crippen molar-refractivity contribution in [3.8, 4) is 11.6 Å². The second kappa shape index (κ2) is 9.71. The summed E-state index contributed by atoms with van der Waals surface area (Å²) in [6.45, 7) is 10.2. The maximum atomic E-state index is 12.9. The van der Waals surface area contributed by atoms with Gasteiger partial charge in [-0.3, -0.25) is 15.6 Å². The second-order valence-electron chi connectivity index (χ2n) is 6.69. The number of benzene rings is 1. The van der Waals surface area contributed by atoms with Crippen LogP contribution in [0.25, 0.3) is 11.5 Å². The van der Waals surface area contributed by atoms with Crippen molar-refractivity contribution >= 4 is 17.4 Å². The van der Waals surface area contributed by atoms with E-state index in [1.165, 1.54) is 9.58 Å². The van der Waals surface area contributed by atoms with E-state index >= 15 is 0 Å². The predicted molar refractivity (Wildman–Crippen MR) is 112 cm³/mol. The molecule has 0 aliphatic carbocycles. The number of hydrazine groups is 1. The molecule has 12 heteroatoms. The number of hydrogen-bond donors (Lipinski definition) is 4. The Morgan fingerprint density at radius 1 is 1.29 bits per heavy atom. The van der Waals surface area contributed by atoms with E-state index in [2.05, 4.69) is 56.5 Å². The third kappa shape index (κ3) is 4.80. The summed E-state index contributed by atoms with van der Waals surface area (Å²) in [7, 11) is 1.58. The highest BCUT2D eigenvalue weighted by Crippen LogP contribution is 2.17. The van der Waals surface area contributed by atoms with Gasteiger partial charge in [0.2, 0.25) is 11.6 Å². The molecule has 0 saturated carbocycles. The number of rotatable bonds is 10. The minimum absolute atomic E-state index is 0.0529. The average Bonchev–Trinajstić information content (AvgIpc) is 3.40. The fourth-order valence-corrected chi connectivity index (χ4v) is 2.96. The molecule has 3 aromatic rings. The highest BCUT2D eigenvalue weighted by atomic mass is 16.6. The molecule has 0 aliphatic heterocycles. The van der Waals surface area contributed by atoms with Crippen molar-refractivity contribution < 1.29 is 19.1 Å². The van der Waals surface area contributed by atoms with E-state index in [9.17, 15) is 4.79 Å². The van der Waals surface area contributed by atoms with Gasteiger partial charge in [0.05, 0.1) is 25.9 Å². The minimum Gasteiger partial charge on any atom is -0.497 e. The van der Waals surface area contributed by atoms with E-state index in [-0.39, 0.29) is 17.3 Å². The maximum absolute atomic E-state index is 12.9. The Morgan fingerprint density at radius 2 is 2.06 bits per heavy atom. The Hall–Kier alpha value is -3.93. The third-order valence-corrected chi connectivity index (χ3v) is 4.84. The lowest BCUT2D eigenvalue weighted by Crippen LogP contribution is -3.10. The van der Waals surface area contributed by atoms with Crippen LogP contribution in [0.5, 0.6) is 5.75 Å². The zero-order chi connectivity index (χ0) is 22.4. The fourth-order valence-electron chi connectivity index (χ4n) is 2.96. The summed E-state index contributed by atoms with van der Waals surface area (Å²) in [4.78, 5) is 14.1. The monoisotopic (exact) mass is 428 g/mol. The van der Waals surface area contributed by atoms with Crippen LogP contribution in [0.15, 0.2) is 35.5 Å². The van der Waals surface area contributed by atoms with Crippen LogP contribution in [0.4, 0.5) is 5.82 Å². The summed E-state index contributed by atoms with van der Waals surface area (Å²) < 4.78 is 11.3. The lowest BCUT2D eigenvalue weighted by Gasteiger charge is -2.16. The zero-order valence-corrected chi connectivity index (χ0v) is 17.7. The van der Waals surface area contributed by atoms with Gasteiger partial charge in [-0.05, 0) is 36.3 Å². The summed E-state index contributed by atoms with van der Waals surface area (Å²) in [5.74, 6) is 0.434. The molecule has 0 saturated heterocycles. The van der Waals surface area contributed by atoms with Crippen LogP contribution in [-0.4, -0.2) is 51.4 Å². The van der Waals surface area contributed by atoms with Crippen molar-refractivity contribution in [1.82, 2.24) is 36.2 Å². The third-order valence-electron chi connectivity index (χ3n) is 4.84. The molecule has 3 rings (SSSR count). The van der Waals surface area contributed by atoms with E-state index in [1.54, 1.807) is 13.2 Å². The van der Waals surface area contributed by atoms with Gasteiger partial charge in [0.1, 0.15) is 18.0 Å². The molecule has 5 N–H and O–H groups in total. The van der Waals surface area contributed by atoms with E-state index < -0.39 is 5.91 Å². The molecule has 1 aromatic carbocycles. The molecule has 0 aliphatic rings. The number of nitrogens with one attached hydrogen (secondary N) is 3. The van der Waals surface area contributed by atoms with E-state index in [0.29, 0.717) is 23.7 Å². The number of ether oxygens (including phenoxy) is 1. The first-order valence-electron chi connectivity index (χ1n) is 9.74. The average molecular weight is 428 g/mol. The smallest absolute Gasteiger partial charge is 0.292 e.